The molecule has 0 saturated carbocycles. The molecule has 5 nitrogen and oxygen atoms in total. The van der Waals surface area contributed by atoms with Gasteiger partial charge in [-0.15, -0.1) is 0 Å². The van der Waals surface area contributed by atoms with Crippen LogP contribution in [0.15, 0.2) is 36.4 Å². The highest BCUT2D eigenvalue weighted by Crippen LogP contribution is 2.31. The van der Waals surface area contributed by atoms with Crippen LogP contribution in [0.2, 0.25) is 0 Å². The van der Waals surface area contributed by atoms with Crippen LogP contribution in [0.3, 0.4) is 0 Å². The van der Waals surface area contributed by atoms with Crippen molar-refractivity contribution in [3.8, 4) is 17.2 Å². The van der Waals surface area contributed by atoms with Gasteiger partial charge in [0.15, 0.2) is 23.1 Å². The van der Waals surface area contributed by atoms with Gasteiger partial charge in [0.25, 0.3) is 5.91 Å². The molecule has 1 aliphatic rings. The van der Waals surface area contributed by atoms with Crippen LogP contribution in [0.5, 0.6) is 17.2 Å². The molecule has 0 spiro atoms. The molecule has 0 bridgehead atoms. The second-order valence-electron chi connectivity index (χ2n) is 5.49. The van der Waals surface area contributed by atoms with Gasteiger partial charge in [-0.05, 0) is 35.9 Å². The molecule has 1 amide bonds. The van der Waals surface area contributed by atoms with Gasteiger partial charge in [0.05, 0.1) is 7.11 Å². The van der Waals surface area contributed by atoms with Crippen LogP contribution in [0.4, 0.5) is 4.39 Å². The predicted octanol–water partition coefficient (Wildman–Crippen LogP) is 2.88. The zero-order valence-corrected chi connectivity index (χ0v) is 13.5. The Morgan fingerprint density at radius 1 is 1.17 bits per heavy atom. The number of carbonyl (C=O) groups excluding carboxylic acids is 1. The minimum Gasteiger partial charge on any atom is -0.494 e. The lowest BCUT2D eigenvalue weighted by Crippen LogP contribution is -2.26. The fourth-order valence-corrected chi connectivity index (χ4v) is 2.55. The molecule has 2 aromatic carbocycles. The molecular weight excluding hydrogens is 313 g/mol. The lowest BCUT2D eigenvalue weighted by molar-refractivity contribution is 0.0783. The Morgan fingerprint density at radius 3 is 2.62 bits per heavy atom. The van der Waals surface area contributed by atoms with Crippen molar-refractivity contribution >= 4 is 5.91 Å². The molecule has 0 N–H and O–H groups in total. The summed E-state index contributed by atoms with van der Waals surface area (Å²) in [6, 6.07) is 9.74. The number of rotatable bonds is 4. The number of fused-ring (bicyclic) bond motifs is 1. The Hall–Kier alpha value is -2.76. The summed E-state index contributed by atoms with van der Waals surface area (Å²) < 4.78 is 29.6. The van der Waals surface area contributed by atoms with Gasteiger partial charge < -0.3 is 19.1 Å². The molecular formula is C18H18FNO4. The van der Waals surface area contributed by atoms with Gasteiger partial charge in [0, 0.05) is 19.2 Å². The van der Waals surface area contributed by atoms with E-state index in [-0.39, 0.29) is 18.2 Å². The number of hydrogen-bond acceptors (Lipinski definition) is 4. The molecule has 0 fully saturated rings. The highest BCUT2D eigenvalue weighted by Gasteiger charge is 2.18. The van der Waals surface area contributed by atoms with Gasteiger partial charge >= 0.3 is 0 Å². The first-order chi connectivity index (χ1) is 11.6. The van der Waals surface area contributed by atoms with Crippen molar-refractivity contribution in [3.05, 3.63) is 53.3 Å². The summed E-state index contributed by atoms with van der Waals surface area (Å²) in [5, 5.41) is 0. The summed E-state index contributed by atoms with van der Waals surface area (Å²) >= 11 is 0. The van der Waals surface area contributed by atoms with Crippen molar-refractivity contribution in [2.24, 2.45) is 0 Å². The van der Waals surface area contributed by atoms with Crippen LogP contribution in [-0.2, 0) is 6.54 Å². The largest absolute Gasteiger partial charge is 0.494 e. The lowest BCUT2D eigenvalue weighted by Gasteiger charge is -2.21. The zero-order chi connectivity index (χ0) is 17.1. The van der Waals surface area contributed by atoms with E-state index in [4.69, 9.17) is 14.2 Å². The molecule has 3 rings (SSSR count). The number of amides is 1. The Labute approximate surface area is 139 Å². The third-order valence-corrected chi connectivity index (χ3v) is 3.77. The smallest absolute Gasteiger partial charge is 0.254 e. The van der Waals surface area contributed by atoms with E-state index < -0.39 is 5.82 Å². The number of methoxy groups -OCH3 is 1. The number of hydrogen-bond donors (Lipinski definition) is 0. The van der Waals surface area contributed by atoms with Gasteiger partial charge in [-0.1, -0.05) is 6.07 Å². The zero-order valence-electron chi connectivity index (χ0n) is 13.5. The SMILES string of the molecule is COc1ccc(CN(C)C(=O)c2ccc3c(c2)OCCO3)cc1F. The van der Waals surface area contributed by atoms with Crippen LogP contribution in [0, 0.1) is 5.82 Å². The van der Waals surface area contributed by atoms with E-state index in [9.17, 15) is 9.18 Å². The van der Waals surface area contributed by atoms with E-state index in [0.717, 1.165) is 0 Å². The van der Waals surface area contributed by atoms with Gasteiger partial charge in [-0.3, -0.25) is 4.79 Å². The Bertz CT molecular complexity index is 763. The quantitative estimate of drug-likeness (QED) is 0.864. The Balaban J connectivity index is 1.74. The first-order valence-electron chi connectivity index (χ1n) is 7.56. The van der Waals surface area contributed by atoms with Crippen LogP contribution in [0.1, 0.15) is 15.9 Å². The number of halogens is 1. The molecule has 0 aromatic heterocycles. The van der Waals surface area contributed by atoms with E-state index in [1.54, 1.807) is 37.4 Å². The minimum atomic E-state index is -0.449. The third-order valence-electron chi connectivity index (χ3n) is 3.77. The van der Waals surface area contributed by atoms with E-state index in [1.807, 2.05) is 0 Å². The molecule has 0 atom stereocenters. The second-order valence-corrected chi connectivity index (χ2v) is 5.49. The molecule has 2 aromatic rings. The van der Waals surface area contributed by atoms with Crippen molar-refractivity contribution in [3.63, 3.8) is 0 Å². The normalized spacial score (nSPS) is 12.6. The summed E-state index contributed by atoms with van der Waals surface area (Å²) in [4.78, 5) is 14.1. The third kappa shape index (κ3) is 3.27. The summed E-state index contributed by atoms with van der Waals surface area (Å²) in [6.07, 6.45) is 0. The Morgan fingerprint density at radius 2 is 1.92 bits per heavy atom. The topological polar surface area (TPSA) is 48.0 Å². The van der Waals surface area contributed by atoms with Crippen molar-refractivity contribution in [1.29, 1.82) is 0 Å². The average molecular weight is 331 g/mol. The molecule has 126 valence electrons. The fourth-order valence-electron chi connectivity index (χ4n) is 2.55. The molecule has 0 radical (unpaired) electrons. The van der Waals surface area contributed by atoms with Gasteiger partial charge in [-0.2, -0.15) is 0 Å². The maximum Gasteiger partial charge on any atom is 0.254 e. The standard InChI is InChI=1S/C18H18FNO4/c1-20(11-12-3-5-15(22-2)14(19)9-12)18(21)13-4-6-16-17(10-13)24-8-7-23-16/h3-6,9-10H,7-8,11H2,1-2H3. The second kappa shape index (κ2) is 6.78. The summed E-state index contributed by atoms with van der Waals surface area (Å²) in [7, 11) is 3.08. The van der Waals surface area contributed by atoms with Gasteiger partial charge in [0.1, 0.15) is 13.2 Å². The highest BCUT2D eigenvalue weighted by atomic mass is 19.1. The van der Waals surface area contributed by atoms with Crippen molar-refractivity contribution in [2.75, 3.05) is 27.4 Å². The minimum absolute atomic E-state index is 0.178. The summed E-state index contributed by atoms with van der Waals surface area (Å²) in [6.45, 7) is 1.25. The molecule has 24 heavy (non-hydrogen) atoms. The first-order valence-corrected chi connectivity index (χ1v) is 7.56. The van der Waals surface area contributed by atoms with Crippen molar-refractivity contribution in [1.82, 2.24) is 4.90 Å². The molecule has 1 heterocycles. The van der Waals surface area contributed by atoms with E-state index in [2.05, 4.69) is 0 Å². The Kier molecular flexibility index (Phi) is 4.55. The number of benzene rings is 2. The van der Waals surface area contributed by atoms with Crippen LogP contribution in [0.25, 0.3) is 0 Å². The van der Waals surface area contributed by atoms with E-state index in [1.165, 1.54) is 18.1 Å². The van der Waals surface area contributed by atoms with Crippen LogP contribution in [-0.4, -0.2) is 38.2 Å². The summed E-state index contributed by atoms with van der Waals surface area (Å²) in [5.41, 5.74) is 1.18. The van der Waals surface area contributed by atoms with Gasteiger partial charge in [0.2, 0.25) is 0 Å². The monoisotopic (exact) mass is 331 g/mol. The predicted molar refractivity (Wildman–Crippen MR) is 86.2 cm³/mol. The number of nitrogens with zero attached hydrogens (tertiary/aromatic N) is 1. The van der Waals surface area contributed by atoms with Crippen LogP contribution < -0.4 is 14.2 Å². The van der Waals surface area contributed by atoms with Crippen LogP contribution >= 0.6 is 0 Å². The number of ether oxygens (including phenoxy) is 3. The van der Waals surface area contributed by atoms with Gasteiger partial charge in [-0.25, -0.2) is 4.39 Å². The molecule has 0 unspecified atom stereocenters. The van der Waals surface area contributed by atoms with E-state index >= 15 is 0 Å². The highest BCUT2D eigenvalue weighted by molar-refractivity contribution is 5.94. The molecule has 0 saturated heterocycles. The van der Waals surface area contributed by atoms with E-state index in [0.29, 0.717) is 35.8 Å². The van der Waals surface area contributed by atoms with Crippen molar-refractivity contribution in [2.45, 2.75) is 6.54 Å². The molecule has 0 aliphatic carbocycles. The van der Waals surface area contributed by atoms with Crippen molar-refractivity contribution < 1.29 is 23.4 Å². The maximum atomic E-state index is 13.8. The maximum absolute atomic E-state index is 13.8. The lowest BCUT2D eigenvalue weighted by atomic mass is 10.1. The fraction of sp³-hybridized carbons (Fsp3) is 0.278. The summed E-state index contributed by atoms with van der Waals surface area (Å²) in [5.74, 6) is 0.756. The number of carbonyl (C=O) groups is 1. The first kappa shape index (κ1) is 16.1. The average Bonchev–Trinajstić information content (AvgIpc) is 2.60. The molecule has 1 aliphatic heterocycles. The molecule has 6 heteroatoms.